The van der Waals surface area contributed by atoms with Crippen molar-refractivity contribution in [3.05, 3.63) is 83.0 Å². The van der Waals surface area contributed by atoms with Gasteiger partial charge < -0.3 is 14.5 Å². The number of hydrogen-bond donors (Lipinski definition) is 0. The van der Waals surface area contributed by atoms with Crippen molar-refractivity contribution in [2.24, 2.45) is 5.92 Å². The number of Topliss-reactive ketones (excluding diaryl/α,β-unsaturated/α-hetero) is 1. The number of para-hydroxylation sites is 1. The molecule has 2 aliphatic heterocycles. The van der Waals surface area contributed by atoms with E-state index in [1.54, 1.807) is 17.4 Å². The maximum atomic E-state index is 13.9. The predicted molar refractivity (Wildman–Crippen MR) is 162 cm³/mol. The molecule has 5 heterocycles. The molecule has 2 fully saturated rings. The molecular weight excluding hydrogens is 532 g/mol. The van der Waals surface area contributed by atoms with Crippen LogP contribution in [0.15, 0.2) is 66.9 Å². The second kappa shape index (κ2) is 11.2. The van der Waals surface area contributed by atoms with Gasteiger partial charge in [-0.2, -0.15) is 0 Å². The monoisotopic (exact) mass is 564 g/mol. The predicted octanol–water partition coefficient (Wildman–Crippen LogP) is 6.28. The van der Waals surface area contributed by atoms with E-state index in [9.17, 15) is 9.59 Å². The first-order valence-electron chi connectivity index (χ1n) is 14.5. The zero-order chi connectivity index (χ0) is 27.8. The molecule has 1 saturated carbocycles. The van der Waals surface area contributed by atoms with Crippen LogP contribution in [0.2, 0.25) is 0 Å². The molecule has 0 N–H and O–H groups in total. The third kappa shape index (κ3) is 5.42. The number of carbonyl (C=O) groups is 2. The van der Waals surface area contributed by atoms with Crippen LogP contribution in [0.1, 0.15) is 51.4 Å². The van der Waals surface area contributed by atoms with E-state index >= 15 is 0 Å². The lowest BCUT2D eigenvalue weighted by atomic mass is 10.1. The third-order valence-corrected chi connectivity index (χ3v) is 9.35. The Bertz CT molecular complexity index is 1590. The summed E-state index contributed by atoms with van der Waals surface area (Å²) in [4.78, 5) is 42.3. The Balaban J connectivity index is 1.14. The lowest BCUT2D eigenvalue weighted by molar-refractivity contribution is 0.0972. The third-order valence-electron chi connectivity index (χ3n) is 8.10. The van der Waals surface area contributed by atoms with Crippen LogP contribution in [0.25, 0.3) is 21.7 Å². The maximum absolute atomic E-state index is 13.9. The molecule has 1 aromatic carbocycles. The highest BCUT2D eigenvalue weighted by Gasteiger charge is 2.30. The van der Waals surface area contributed by atoms with E-state index < -0.39 is 0 Å². The quantitative estimate of drug-likeness (QED) is 0.257. The Labute approximate surface area is 243 Å². The molecule has 1 amide bonds. The van der Waals surface area contributed by atoms with Crippen molar-refractivity contribution in [3.8, 4) is 21.7 Å². The topological polar surface area (TPSA) is 75.6 Å². The first-order chi connectivity index (χ1) is 20.1. The van der Waals surface area contributed by atoms with Gasteiger partial charge >= 0.3 is 0 Å². The molecule has 4 aromatic rings. The number of nitrogens with zero attached hydrogens (tertiary/aromatic N) is 4. The summed E-state index contributed by atoms with van der Waals surface area (Å²) in [6.07, 6.45) is 6.50. The molecule has 7 rings (SSSR count). The second-order valence-corrected chi connectivity index (χ2v) is 12.1. The standard InChI is InChI=1S/C33H32N4O3S/c38-29(19-22-9-10-22)30-20-23-13-15-37(28-8-2-1-5-25(28)32(23)41-30)33(39)27-7-3-6-26(35-27)24-11-12-31(34-21-24)36-14-4-17-40-18-16-36/h1-3,5-8,11-12,20-22H,4,9-10,13-19H2. The summed E-state index contributed by atoms with van der Waals surface area (Å²) in [5, 5.41) is 0. The summed E-state index contributed by atoms with van der Waals surface area (Å²) in [6.45, 7) is 3.78. The van der Waals surface area contributed by atoms with E-state index in [1.165, 1.54) is 12.8 Å². The van der Waals surface area contributed by atoms with Gasteiger partial charge in [0.25, 0.3) is 5.91 Å². The number of thiophene rings is 1. The van der Waals surface area contributed by atoms with Crippen molar-refractivity contribution >= 4 is 34.5 Å². The number of aromatic nitrogens is 2. The van der Waals surface area contributed by atoms with E-state index in [-0.39, 0.29) is 11.7 Å². The summed E-state index contributed by atoms with van der Waals surface area (Å²) in [5.74, 6) is 1.61. The molecule has 1 aliphatic carbocycles. The van der Waals surface area contributed by atoms with Crippen molar-refractivity contribution < 1.29 is 14.3 Å². The van der Waals surface area contributed by atoms with Gasteiger partial charge in [0, 0.05) is 54.9 Å². The summed E-state index contributed by atoms with van der Waals surface area (Å²) < 4.78 is 5.57. The van der Waals surface area contributed by atoms with Crippen LogP contribution in [-0.4, -0.2) is 54.5 Å². The average Bonchev–Trinajstić information content (AvgIpc) is 3.81. The van der Waals surface area contributed by atoms with Crippen molar-refractivity contribution in [1.82, 2.24) is 9.97 Å². The average molecular weight is 565 g/mol. The van der Waals surface area contributed by atoms with Gasteiger partial charge in [0.2, 0.25) is 0 Å². The first kappa shape index (κ1) is 26.0. The SMILES string of the molecule is O=C(CC1CC1)c1cc2c(s1)-c1ccccc1N(C(=O)c1cccc(-c3ccc(N4CCCOCC4)nc3)n1)CC2. The highest BCUT2D eigenvalue weighted by atomic mass is 32.1. The minimum absolute atomic E-state index is 0.131. The molecule has 7 nitrogen and oxygen atoms in total. The molecule has 41 heavy (non-hydrogen) atoms. The zero-order valence-electron chi connectivity index (χ0n) is 22.9. The van der Waals surface area contributed by atoms with Gasteiger partial charge in [-0.3, -0.25) is 9.59 Å². The van der Waals surface area contributed by atoms with Crippen LogP contribution >= 0.6 is 11.3 Å². The fraction of sp³-hybridized carbons (Fsp3) is 0.333. The van der Waals surface area contributed by atoms with Gasteiger partial charge in [0.05, 0.1) is 22.9 Å². The summed E-state index contributed by atoms with van der Waals surface area (Å²) in [7, 11) is 0. The Hall–Kier alpha value is -3.88. The van der Waals surface area contributed by atoms with Crippen LogP contribution in [0.3, 0.4) is 0 Å². The van der Waals surface area contributed by atoms with E-state index in [1.807, 2.05) is 53.6 Å². The maximum Gasteiger partial charge on any atom is 0.276 e. The number of fused-ring (bicyclic) bond motifs is 3. The van der Waals surface area contributed by atoms with Crippen LogP contribution in [0.4, 0.5) is 11.5 Å². The minimum Gasteiger partial charge on any atom is -0.380 e. The van der Waals surface area contributed by atoms with Gasteiger partial charge in [0.1, 0.15) is 11.5 Å². The van der Waals surface area contributed by atoms with Gasteiger partial charge in [0.15, 0.2) is 5.78 Å². The number of ether oxygens (including phenoxy) is 1. The van der Waals surface area contributed by atoms with Crippen molar-refractivity contribution in [2.45, 2.75) is 32.1 Å². The van der Waals surface area contributed by atoms with E-state index in [0.717, 1.165) is 69.8 Å². The van der Waals surface area contributed by atoms with Crippen LogP contribution in [0, 0.1) is 5.92 Å². The Morgan fingerprint density at radius 2 is 1.88 bits per heavy atom. The minimum atomic E-state index is -0.131. The van der Waals surface area contributed by atoms with E-state index in [2.05, 4.69) is 17.0 Å². The second-order valence-electron chi connectivity index (χ2n) is 11.0. The first-order valence-corrected chi connectivity index (χ1v) is 15.3. The van der Waals surface area contributed by atoms with Gasteiger partial charge in [-0.15, -0.1) is 11.3 Å². The number of pyridine rings is 2. The number of hydrogen-bond acceptors (Lipinski definition) is 7. The molecule has 0 atom stereocenters. The van der Waals surface area contributed by atoms with Crippen LogP contribution in [-0.2, 0) is 11.2 Å². The number of rotatable bonds is 6. The largest absolute Gasteiger partial charge is 0.380 e. The number of amides is 1. The Kier molecular flexibility index (Phi) is 7.10. The molecule has 8 heteroatoms. The molecule has 0 spiro atoms. The normalized spacial score (nSPS) is 16.9. The zero-order valence-corrected chi connectivity index (χ0v) is 23.7. The van der Waals surface area contributed by atoms with Crippen molar-refractivity contribution in [3.63, 3.8) is 0 Å². The number of benzene rings is 1. The molecule has 0 radical (unpaired) electrons. The molecule has 1 saturated heterocycles. The molecular formula is C33H32N4O3S. The summed E-state index contributed by atoms with van der Waals surface area (Å²) >= 11 is 1.57. The highest BCUT2D eigenvalue weighted by molar-refractivity contribution is 7.17. The highest BCUT2D eigenvalue weighted by Crippen LogP contribution is 2.43. The fourth-order valence-corrected chi connectivity index (χ4v) is 6.87. The Morgan fingerprint density at radius 1 is 0.976 bits per heavy atom. The van der Waals surface area contributed by atoms with Gasteiger partial charge in [-0.1, -0.05) is 24.3 Å². The number of carbonyl (C=O) groups excluding carboxylic acids is 2. The van der Waals surface area contributed by atoms with Gasteiger partial charge in [-0.25, -0.2) is 9.97 Å². The molecule has 208 valence electrons. The number of ketones is 1. The fourth-order valence-electron chi connectivity index (χ4n) is 5.68. The van der Waals surface area contributed by atoms with Crippen LogP contribution in [0.5, 0.6) is 0 Å². The molecule has 3 aromatic heterocycles. The van der Waals surface area contributed by atoms with Crippen LogP contribution < -0.4 is 9.80 Å². The molecule has 3 aliphatic rings. The molecule has 0 unspecified atom stereocenters. The summed E-state index contributed by atoms with van der Waals surface area (Å²) in [6, 6.07) is 19.7. The van der Waals surface area contributed by atoms with E-state index in [0.29, 0.717) is 37.6 Å². The summed E-state index contributed by atoms with van der Waals surface area (Å²) in [5.41, 5.74) is 4.99. The van der Waals surface area contributed by atoms with Crippen molar-refractivity contribution in [1.29, 1.82) is 0 Å². The Morgan fingerprint density at radius 3 is 2.73 bits per heavy atom. The lowest BCUT2D eigenvalue weighted by Crippen LogP contribution is -2.33. The lowest BCUT2D eigenvalue weighted by Gasteiger charge is -2.23. The smallest absolute Gasteiger partial charge is 0.276 e. The molecule has 0 bridgehead atoms. The van der Waals surface area contributed by atoms with Gasteiger partial charge in [-0.05, 0) is 73.6 Å². The van der Waals surface area contributed by atoms with Crippen molar-refractivity contribution in [2.75, 3.05) is 42.6 Å². The number of anilines is 2. The van der Waals surface area contributed by atoms with E-state index in [4.69, 9.17) is 14.7 Å².